The van der Waals surface area contributed by atoms with Gasteiger partial charge in [0, 0.05) is 32.9 Å². The molecule has 0 heterocycles. The standard InChI is InChI=1S/C20H15BrCl3NO/c21-15-5-8-20(26-12-13-3-1-2-4-17(13)22)14(9-15)11-25-16-6-7-18(23)19(24)10-16/h1-10,25H,11-12H2. The summed E-state index contributed by atoms with van der Waals surface area (Å²) in [6.45, 7) is 0.982. The summed E-state index contributed by atoms with van der Waals surface area (Å²) < 4.78 is 6.98. The lowest BCUT2D eigenvalue weighted by atomic mass is 10.2. The van der Waals surface area contributed by atoms with Crippen molar-refractivity contribution in [2.45, 2.75) is 13.2 Å². The maximum atomic E-state index is 6.20. The van der Waals surface area contributed by atoms with Gasteiger partial charge in [-0.3, -0.25) is 0 Å². The van der Waals surface area contributed by atoms with Crippen LogP contribution in [-0.2, 0) is 13.2 Å². The van der Waals surface area contributed by atoms with Crippen molar-refractivity contribution >= 4 is 56.4 Å². The van der Waals surface area contributed by atoms with E-state index in [9.17, 15) is 0 Å². The average Bonchev–Trinajstić information content (AvgIpc) is 2.63. The Labute approximate surface area is 176 Å². The quantitative estimate of drug-likeness (QED) is 0.400. The molecule has 0 amide bonds. The highest BCUT2D eigenvalue weighted by atomic mass is 79.9. The van der Waals surface area contributed by atoms with E-state index in [1.165, 1.54) is 0 Å². The molecule has 0 bridgehead atoms. The summed E-state index contributed by atoms with van der Waals surface area (Å²) in [5, 5.41) is 5.08. The Morgan fingerprint density at radius 1 is 0.808 bits per heavy atom. The number of benzene rings is 3. The van der Waals surface area contributed by atoms with Crippen LogP contribution in [0.2, 0.25) is 15.1 Å². The molecule has 0 saturated carbocycles. The van der Waals surface area contributed by atoms with E-state index in [1.54, 1.807) is 12.1 Å². The van der Waals surface area contributed by atoms with Gasteiger partial charge in [0.05, 0.1) is 10.0 Å². The van der Waals surface area contributed by atoms with E-state index >= 15 is 0 Å². The minimum atomic E-state index is 0.404. The summed E-state index contributed by atoms with van der Waals surface area (Å²) >= 11 is 21.7. The van der Waals surface area contributed by atoms with Crippen LogP contribution >= 0.6 is 50.7 Å². The molecule has 2 nitrogen and oxygen atoms in total. The van der Waals surface area contributed by atoms with Crippen molar-refractivity contribution in [2.24, 2.45) is 0 Å². The van der Waals surface area contributed by atoms with E-state index in [0.29, 0.717) is 28.2 Å². The second kappa shape index (κ2) is 9.01. The molecule has 0 saturated heterocycles. The summed E-state index contributed by atoms with van der Waals surface area (Å²) in [5.74, 6) is 0.792. The van der Waals surface area contributed by atoms with Gasteiger partial charge in [-0.05, 0) is 42.5 Å². The highest BCUT2D eigenvalue weighted by molar-refractivity contribution is 9.10. The normalized spacial score (nSPS) is 10.6. The van der Waals surface area contributed by atoms with Gasteiger partial charge in [0.15, 0.2) is 0 Å². The van der Waals surface area contributed by atoms with Gasteiger partial charge in [-0.2, -0.15) is 0 Å². The Morgan fingerprint density at radius 2 is 1.62 bits per heavy atom. The lowest BCUT2D eigenvalue weighted by Crippen LogP contribution is -2.04. The molecule has 0 aliphatic rings. The average molecular weight is 472 g/mol. The first-order valence-corrected chi connectivity index (χ1v) is 9.79. The molecule has 1 N–H and O–H groups in total. The smallest absolute Gasteiger partial charge is 0.124 e. The van der Waals surface area contributed by atoms with Crippen molar-refractivity contribution in [3.8, 4) is 5.75 Å². The number of nitrogens with one attached hydrogen (secondary N) is 1. The fraction of sp³-hybridized carbons (Fsp3) is 0.100. The Hall–Kier alpha value is -1.39. The zero-order chi connectivity index (χ0) is 18.5. The van der Waals surface area contributed by atoms with Gasteiger partial charge in [0.2, 0.25) is 0 Å². The van der Waals surface area contributed by atoms with Gasteiger partial charge < -0.3 is 10.1 Å². The first-order chi connectivity index (χ1) is 12.5. The molecular weight excluding hydrogens is 456 g/mol. The van der Waals surface area contributed by atoms with Crippen molar-refractivity contribution in [1.29, 1.82) is 0 Å². The summed E-state index contributed by atoms with van der Waals surface area (Å²) in [5.41, 5.74) is 2.84. The third-order valence-electron chi connectivity index (χ3n) is 3.77. The topological polar surface area (TPSA) is 21.3 Å². The van der Waals surface area contributed by atoms with Crippen LogP contribution in [0.4, 0.5) is 5.69 Å². The second-order valence-corrected chi connectivity index (χ2v) is 7.75. The van der Waals surface area contributed by atoms with E-state index in [4.69, 9.17) is 39.5 Å². The summed E-state index contributed by atoms with van der Waals surface area (Å²) in [6, 6.07) is 19.0. The Bertz CT molecular complexity index is 917. The zero-order valence-electron chi connectivity index (χ0n) is 13.6. The number of halogens is 4. The Kier molecular flexibility index (Phi) is 6.71. The van der Waals surface area contributed by atoms with Crippen molar-refractivity contribution in [2.75, 3.05) is 5.32 Å². The number of ether oxygens (including phenoxy) is 1. The van der Waals surface area contributed by atoms with E-state index < -0.39 is 0 Å². The lowest BCUT2D eigenvalue weighted by molar-refractivity contribution is 0.303. The Balaban J connectivity index is 1.73. The summed E-state index contributed by atoms with van der Waals surface area (Å²) in [6.07, 6.45) is 0. The van der Waals surface area contributed by atoms with Crippen LogP contribution in [0.5, 0.6) is 5.75 Å². The Morgan fingerprint density at radius 3 is 2.38 bits per heavy atom. The molecule has 0 fully saturated rings. The molecule has 0 spiro atoms. The van der Waals surface area contributed by atoms with Crippen molar-refractivity contribution in [1.82, 2.24) is 0 Å². The fourth-order valence-electron chi connectivity index (χ4n) is 2.40. The molecule has 0 aliphatic heterocycles. The molecule has 26 heavy (non-hydrogen) atoms. The zero-order valence-corrected chi connectivity index (χ0v) is 17.5. The molecule has 0 radical (unpaired) electrons. The monoisotopic (exact) mass is 469 g/mol. The molecule has 0 unspecified atom stereocenters. The number of anilines is 1. The van der Waals surface area contributed by atoms with E-state index in [2.05, 4.69) is 21.2 Å². The van der Waals surface area contributed by atoms with Gasteiger partial charge in [0.1, 0.15) is 12.4 Å². The highest BCUT2D eigenvalue weighted by Gasteiger charge is 2.08. The minimum Gasteiger partial charge on any atom is -0.488 e. The van der Waals surface area contributed by atoms with E-state index in [1.807, 2.05) is 48.5 Å². The van der Waals surface area contributed by atoms with Crippen LogP contribution < -0.4 is 10.1 Å². The predicted octanol–water partition coefficient (Wildman–Crippen LogP) is 7.60. The maximum Gasteiger partial charge on any atom is 0.124 e. The summed E-state index contributed by atoms with van der Waals surface area (Å²) in [7, 11) is 0. The van der Waals surface area contributed by atoms with Crippen LogP contribution in [-0.4, -0.2) is 0 Å². The molecule has 3 aromatic rings. The predicted molar refractivity (Wildman–Crippen MR) is 114 cm³/mol. The minimum absolute atomic E-state index is 0.404. The van der Waals surface area contributed by atoms with Crippen molar-refractivity contribution in [3.05, 3.63) is 91.3 Å². The van der Waals surface area contributed by atoms with Gasteiger partial charge in [0.25, 0.3) is 0 Å². The molecule has 0 aliphatic carbocycles. The molecule has 134 valence electrons. The van der Waals surface area contributed by atoms with E-state index in [-0.39, 0.29) is 0 Å². The van der Waals surface area contributed by atoms with E-state index in [0.717, 1.165) is 27.0 Å². The van der Waals surface area contributed by atoms with Crippen molar-refractivity contribution in [3.63, 3.8) is 0 Å². The van der Waals surface area contributed by atoms with Crippen LogP contribution in [0.25, 0.3) is 0 Å². The molecule has 0 aromatic heterocycles. The third kappa shape index (κ3) is 5.08. The third-order valence-corrected chi connectivity index (χ3v) is 5.37. The van der Waals surface area contributed by atoms with Crippen molar-refractivity contribution < 1.29 is 4.74 Å². The number of hydrogen-bond donors (Lipinski definition) is 1. The first kappa shape index (κ1) is 19.4. The molecule has 6 heteroatoms. The maximum absolute atomic E-state index is 6.20. The van der Waals surface area contributed by atoms with Crippen LogP contribution in [0.3, 0.4) is 0 Å². The molecular formula is C20H15BrCl3NO. The second-order valence-electron chi connectivity index (χ2n) is 5.61. The largest absolute Gasteiger partial charge is 0.488 e. The van der Waals surface area contributed by atoms with Gasteiger partial charge in [-0.1, -0.05) is 68.9 Å². The van der Waals surface area contributed by atoms with Crippen LogP contribution in [0, 0.1) is 0 Å². The first-order valence-electron chi connectivity index (χ1n) is 7.86. The van der Waals surface area contributed by atoms with Crippen LogP contribution in [0.15, 0.2) is 65.1 Å². The highest BCUT2D eigenvalue weighted by Crippen LogP contribution is 2.28. The van der Waals surface area contributed by atoms with Crippen LogP contribution in [0.1, 0.15) is 11.1 Å². The van der Waals surface area contributed by atoms with Gasteiger partial charge in [-0.25, -0.2) is 0 Å². The van der Waals surface area contributed by atoms with Gasteiger partial charge in [-0.15, -0.1) is 0 Å². The fourth-order valence-corrected chi connectivity index (χ4v) is 3.30. The number of rotatable bonds is 6. The number of hydrogen-bond acceptors (Lipinski definition) is 2. The van der Waals surface area contributed by atoms with Gasteiger partial charge >= 0.3 is 0 Å². The molecule has 3 aromatic carbocycles. The molecule has 3 rings (SSSR count). The lowest BCUT2D eigenvalue weighted by Gasteiger charge is -2.14. The summed E-state index contributed by atoms with van der Waals surface area (Å²) in [4.78, 5) is 0. The SMILES string of the molecule is Clc1ccc(NCc2cc(Br)ccc2OCc2ccccc2Cl)cc1Cl. The molecule has 0 atom stereocenters.